The molecule has 1 amide bonds. The highest BCUT2D eigenvalue weighted by atomic mass is 32.1. The van der Waals surface area contributed by atoms with Crippen molar-refractivity contribution < 1.29 is 9.21 Å². The van der Waals surface area contributed by atoms with Crippen LogP contribution in [0.25, 0.3) is 0 Å². The first-order valence-corrected chi connectivity index (χ1v) is 4.24. The summed E-state index contributed by atoms with van der Waals surface area (Å²) >= 11 is 3.88. The first-order chi connectivity index (χ1) is 5.74. The SMILES string of the molecule is CN(Cc1ccco1)C(=O)CS. The second-order valence-electron chi connectivity index (χ2n) is 2.49. The summed E-state index contributed by atoms with van der Waals surface area (Å²) in [6, 6.07) is 3.64. The molecule has 1 heterocycles. The molecule has 1 aromatic heterocycles. The summed E-state index contributed by atoms with van der Waals surface area (Å²) in [4.78, 5) is 12.6. The number of nitrogens with zero attached hydrogens (tertiary/aromatic N) is 1. The number of furan rings is 1. The van der Waals surface area contributed by atoms with Gasteiger partial charge in [0.05, 0.1) is 18.6 Å². The molecule has 0 saturated heterocycles. The molecule has 1 aromatic rings. The van der Waals surface area contributed by atoms with E-state index in [2.05, 4.69) is 12.6 Å². The van der Waals surface area contributed by atoms with Gasteiger partial charge in [0.15, 0.2) is 0 Å². The Kier molecular flexibility index (Phi) is 3.22. The molecule has 0 aliphatic rings. The van der Waals surface area contributed by atoms with Gasteiger partial charge >= 0.3 is 0 Å². The van der Waals surface area contributed by atoms with E-state index in [9.17, 15) is 4.79 Å². The summed E-state index contributed by atoms with van der Waals surface area (Å²) in [5.74, 6) is 1.01. The number of rotatable bonds is 3. The standard InChI is InChI=1S/C8H11NO2S/c1-9(8(10)6-12)5-7-3-2-4-11-7/h2-4,12H,5-6H2,1H3. The zero-order chi connectivity index (χ0) is 8.97. The number of hydrogen-bond acceptors (Lipinski definition) is 3. The molecule has 0 radical (unpaired) electrons. The van der Waals surface area contributed by atoms with Crippen molar-refractivity contribution in [3.05, 3.63) is 24.2 Å². The van der Waals surface area contributed by atoms with Crippen molar-refractivity contribution in [2.45, 2.75) is 6.54 Å². The Balaban J connectivity index is 2.47. The number of hydrogen-bond donors (Lipinski definition) is 1. The normalized spacial score (nSPS) is 9.83. The van der Waals surface area contributed by atoms with E-state index in [0.717, 1.165) is 5.76 Å². The summed E-state index contributed by atoms with van der Waals surface area (Å²) in [7, 11) is 1.72. The lowest BCUT2D eigenvalue weighted by molar-refractivity contribution is -0.127. The fourth-order valence-electron chi connectivity index (χ4n) is 0.845. The minimum absolute atomic E-state index is 0.00488. The van der Waals surface area contributed by atoms with Gasteiger partial charge in [-0.15, -0.1) is 0 Å². The molecule has 1 rings (SSSR count). The molecule has 12 heavy (non-hydrogen) atoms. The van der Waals surface area contributed by atoms with Gasteiger partial charge < -0.3 is 9.32 Å². The monoisotopic (exact) mass is 185 g/mol. The van der Waals surface area contributed by atoms with Crippen molar-refractivity contribution in [1.29, 1.82) is 0 Å². The molecule has 0 aromatic carbocycles. The van der Waals surface area contributed by atoms with Crippen molar-refractivity contribution in [2.24, 2.45) is 0 Å². The van der Waals surface area contributed by atoms with Crippen LogP contribution in [0.2, 0.25) is 0 Å². The lowest BCUT2D eigenvalue weighted by Gasteiger charge is -2.13. The fourth-order valence-corrected chi connectivity index (χ4v) is 1.09. The van der Waals surface area contributed by atoms with E-state index in [1.807, 2.05) is 6.07 Å². The summed E-state index contributed by atoms with van der Waals surface area (Å²) in [6.07, 6.45) is 1.59. The fraction of sp³-hybridized carbons (Fsp3) is 0.375. The molecule has 3 nitrogen and oxygen atoms in total. The van der Waals surface area contributed by atoms with Crippen LogP contribution >= 0.6 is 12.6 Å². The highest BCUT2D eigenvalue weighted by Crippen LogP contribution is 2.03. The maximum Gasteiger partial charge on any atom is 0.232 e. The van der Waals surface area contributed by atoms with Crippen molar-refractivity contribution in [2.75, 3.05) is 12.8 Å². The van der Waals surface area contributed by atoms with E-state index < -0.39 is 0 Å². The minimum Gasteiger partial charge on any atom is -0.467 e. The van der Waals surface area contributed by atoms with Gasteiger partial charge in [-0.05, 0) is 12.1 Å². The van der Waals surface area contributed by atoms with Crippen LogP contribution in [0.3, 0.4) is 0 Å². The predicted molar refractivity (Wildman–Crippen MR) is 49.0 cm³/mol. The highest BCUT2D eigenvalue weighted by molar-refractivity contribution is 7.81. The van der Waals surface area contributed by atoms with Crippen LogP contribution in [0, 0.1) is 0 Å². The molecule has 0 saturated carbocycles. The van der Waals surface area contributed by atoms with E-state index in [1.54, 1.807) is 24.3 Å². The Morgan fingerprint density at radius 2 is 2.50 bits per heavy atom. The van der Waals surface area contributed by atoms with Gasteiger partial charge in [0.1, 0.15) is 5.76 Å². The highest BCUT2D eigenvalue weighted by Gasteiger charge is 2.07. The average Bonchev–Trinajstić information content (AvgIpc) is 2.55. The van der Waals surface area contributed by atoms with Crippen LogP contribution in [-0.2, 0) is 11.3 Å². The predicted octanol–water partition coefficient (Wildman–Crippen LogP) is 1.17. The molecule has 0 fully saturated rings. The van der Waals surface area contributed by atoms with E-state index in [0.29, 0.717) is 6.54 Å². The second kappa shape index (κ2) is 4.21. The molecule has 0 aliphatic heterocycles. The second-order valence-corrected chi connectivity index (χ2v) is 2.80. The van der Waals surface area contributed by atoms with Gasteiger partial charge in [0.2, 0.25) is 5.91 Å². The Labute approximate surface area is 76.8 Å². The van der Waals surface area contributed by atoms with Crippen LogP contribution in [0.5, 0.6) is 0 Å². The van der Waals surface area contributed by atoms with Crippen molar-refractivity contribution in [3.8, 4) is 0 Å². The first-order valence-electron chi connectivity index (χ1n) is 3.61. The quantitative estimate of drug-likeness (QED) is 0.717. The van der Waals surface area contributed by atoms with Gasteiger partial charge in [-0.3, -0.25) is 4.79 Å². The van der Waals surface area contributed by atoms with Crippen LogP contribution in [0.4, 0.5) is 0 Å². The largest absolute Gasteiger partial charge is 0.467 e. The third-order valence-electron chi connectivity index (χ3n) is 1.53. The zero-order valence-corrected chi connectivity index (χ0v) is 7.75. The van der Waals surface area contributed by atoms with Gasteiger partial charge in [-0.2, -0.15) is 12.6 Å². The zero-order valence-electron chi connectivity index (χ0n) is 6.86. The molecule has 0 unspecified atom stereocenters. The van der Waals surface area contributed by atoms with Crippen molar-refractivity contribution in [1.82, 2.24) is 4.90 Å². The molecular weight excluding hydrogens is 174 g/mol. The third-order valence-corrected chi connectivity index (χ3v) is 1.80. The lowest BCUT2D eigenvalue weighted by atomic mass is 10.4. The Morgan fingerprint density at radius 1 is 1.75 bits per heavy atom. The molecule has 0 N–H and O–H groups in total. The number of carbonyl (C=O) groups is 1. The van der Waals surface area contributed by atoms with Crippen LogP contribution < -0.4 is 0 Å². The van der Waals surface area contributed by atoms with Crippen molar-refractivity contribution in [3.63, 3.8) is 0 Å². The summed E-state index contributed by atoms with van der Waals surface area (Å²) in [5, 5.41) is 0. The van der Waals surface area contributed by atoms with Crippen molar-refractivity contribution >= 4 is 18.5 Å². The third kappa shape index (κ3) is 2.30. The van der Waals surface area contributed by atoms with Gasteiger partial charge in [0, 0.05) is 7.05 Å². The van der Waals surface area contributed by atoms with Crippen LogP contribution in [-0.4, -0.2) is 23.6 Å². The van der Waals surface area contributed by atoms with E-state index in [-0.39, 0.29) is 11.7 Å². The molecule has 66 valence electrons. The summed E-state index contributed by atoms with van der Waals surface area (Å²) < 4.78 is 5.08. The molecule has 0 spiro atoms. The molecule has 0 atom stereocenters. The van der Waals surface area contributed by atoms with E-state index in [4.69, 9.17) is 4.42 Å². The Morgan fingerprint density at radius 3 is 3.00 bits per heavy atom. The maximum atomic E-state index is 11.0. The molecule has 0 aliphatic carbocycles. The van der Waals surface area contributed by atoms with E-state index >= 15 is 0 Å². The number of carbonyl (C=O) groups excluding carboxylic acids is 1. The molecule has 4 heteroatoms. The average molecular weight is 185 g/mol. The Hall–Kier alpha value is -0.900. The van der Waals surface area contributed by atoms with E-state index in [1.165, 1.54) is 0 Å². The topological polar surface area (TPSA) is 33.5 Å². The first kappa shape index (κ1) is 9.19. The Bertz CT molecular complexity index is 246. The number of thiol groups is 1. The molecular formula is C8H11NO2S. The summed E-state index contributed by atoms with van der Waals surface area (Å²) in [6.45, 7) is 0.506. The maximum absolute atomic E-state index is 11.0. The number of amides is 1. The minimum atomic E-state index is -0.00488. The van der Waals surface area contributed by atoms with Gasteiger partial charge in [0.25, 0.3) is 0 Å². The van der Waals surface area contributed by atoms with Gasteiger partial charge in [-0.25, -0.2) is 0 Å². The lowest BCUT2D eigenvalue weighted by Crippen LogP contribution is -2.26. The van der Waals surface area contributed by atoms with Gasteiger partial charge in [-0.1, -0.05) is 0 Å². The summed E-state index contributed by atoms with van der Waals surface area (Å²) in [5.41, 5.74) is 0. The smallest absolute Gasteiger partial charge is 0.232 e. The van der Waals surface area contributed by atoms with Crippen LogP contribution in [0.15, 0.2) is 22.8 Å². The molecule has 0 bridgehead atoms. The van der Waals surface area contributed by atoms with Crippen LogP contribution in [0.1, 0.15) is 5.76 Å².